The van der Waals surface area contributed by atoms with Crippen LogP contribution in [0.3, 0.4) is 0 Å². The molecule has 3 aromatic carbocycles. The molecule has 0 aliphatic heterocycles. The molecular formula is C24H21BrN2O3S. The van der Waals surface area contributed by atoms with E-state index in [1.165, 1.54) is 0 Å². The van der Waals surface area contributed by atoms with Gasteiger partial charge in [0, 0.05) is 23.6 Å². The predicted molar refractivity (Wildman–Crippen MR) is 125 cm³/mol. The first-order chi connectivity index (χ1) is 14.8. The molecule has 0 aliphatic carbocycles. The number of benzene rings is 3. The van der Waals surface area contributed by atoms with Gasteiger partial charge in [0.1, 0.15) is 0 Å². The maximum atomic E-state index is 13.5. The van der Waals surface area contributed by atoms with Crippen LogP contribution in [-0.2, 0) is 16.4 Å². The molecule has 0 unspecified atom stereocenters. The predicted octanol–water partition coefficient (Wildman–Crippen LogP) is 5.88. The minimum atomic E-state index is -3.87. The number of oxazole rings is 1. The third-order valence-electron chi connectivity index (χ3n) is 4.87. The lowest BCUT2D eigenvalue weighted by atomic mass is 10.2. The Morgan fingerprint density at radius 1 is 0.935 bits per heavy atom. The molecule has 158 valence electrons. The maximum absolute atomic E-state index is 13.5. The molecule has 0 aliphatic rings. The molecule has 0 saturated heterocycles. The van der Waals surface area contributed by atoms with E-state index in [0.717, 1.165) is 15.6 Å². The van der Waals surface area contributed by atoms with E-state index in [-0.39, 0.29) is 21.7 Å². The number of aryl methyl sites for hydroxylation is 1. The first-order valence-corrected chi connectivity index (χ1v) is 12.0. The van der Waals surface area contributed by atoms with Gasteiger partial charge in [-0.1, -0.05) is 64.0 Å². The molecule has 4 aromatic rings. The summed E-state index contributed by atoms with van der Waals surface area (Å²) in [6.45, 7) is 2.39. The summed E-state index contributed by atoms with van der Waals surface area (Å²) in [5.41, 5.74) is 2.71. The van der Waals surface area contributed by atoms with Crippen LogP contribution in [0.2, 0.25) is 0 Å². The van der Waals surface area contributed by atoms with Gasteiger partial charge in [-0.05, 0) is 48.9 Å². The lowest BCUT2D eigenvalue weighted by molar-refractivity contribution is 0.554. The Balaban J connectivity index is 1.81. The quantitative estimate of drug-likeness (QED) is 0.333. The van der Waals surface area contributed by atoms with Crippen molar-refractivity contribution in [2.24, 2.45) is 0 Å². The highest BCUT2D eigenvalue weighted by Crippen LogP contribution is 2.35. The minimum absolute atomic E-state index is 0.0901. The van der Waals surface area contributed by atoms with Crippen molar-refractivity contribution in [3.05, 3.63) is 94.5 Å². The van der Waals surface area contributed by atoms with Crippen LogP contribution in [0.1, 0.15) is 11.1 Å². The van der Waals surface area contributed by atoms with Gasteiger partial charge in [0.05, 0.1) is 4.90 Å². The van der Waals surface area contributed by atoms with Crippen molar-refractivity contribution in [1.29, 1.82) is 0 Å². The summed E-state index contributed by atoms with van der Waals surface area (Å²) in [4.78, 5) is 6.38. The highest BCUT2D eigenvalue weighted by Gasteiger charge is 2.30. The number of hydrogen-bond acceptors (Lipinski definition) is 5. The van der Waals surface area contributed by atoms with Gasteiger partial charge < -0.3 is 9.32 Å². The number of sulfone groups is 1. The molecule has 1 aromatic heterocycles. The monoisotopic (exact) mass is 496 g/mol. The van der Waals surface area contributed by atoms with Gasteiger partial charge in [-0.2, -0.15) is 4.98 Å². The second-order valence-electron chi connectivity index (χ2n) is 7.29. The van der Waals surface area contributed by atoms with E-state index >= 15 is 0 Å². The maximum Gasteiger partial charge on any atom is 0.236 e. The molecule has 0 N–H and O–H groups in total. The molecule has 5 nitrogen and oxygen atoms in total. The molecule has 0 fully saturated rings. The second kappa shape index (κ2) is 8.69. The van der Waals surface area contributed by atoms with Gasteiger partial charge in [-0.25, -0.2) is 8.42 Å². The molecule has 0 amide bonds. The highest BCUT2D eigenvalue weighted by molar-refractivity contribution is 9.10. The smallest absolute Gasteiger partial charge is 0.236 e. The van der Waals surface area contributed by atoms with E-state index in [0.29, 0.717) is 12.1 Å². The normalized spacial score (nSPS) is 11.5. The van der Waals surface area contributed by atoms with Gasteiger partial charge in [0.15, 0.2) is 0 Å². The van der Waals surface area contributed by atoms with Gasteiger partial charge >= 0.3 is 0 Å². The van der Waals surface area contributed by atoms with E-state index in [1.54, 1.807) is 36.2 Å². The van der Waals surface area contributed by atoms with E-state index in [4.69, 9.17) is 4.42 Å². The molecule has 31 heavy (non-hydrogen) atoms. The van der Waals surface area contributed by atoms with Crippen molar-refractivity contribution in [2.75, 3.05) is 11.9 Å². The molecule has 7 heteroatoms. The summed E-state index contributed by atoms with van der Waals surface area (Å²) in [6.07, 6.45) is 0. The van der Waals surface area contributed by atoms with Crippen LogP contribution in [-0.4, -0.2) is 20.4 Å². The average Bonchev–Trinajstić information content (AvgIpc) is 3.22. The molecule has 4 rings (SSSR count). The highest BCUT2D eigenvalue weighted by atomic mass is 79.9. The number of rotatable bonds is 6. The third kappa shape index (κ3) is 4.57. The van der Waals surface area contributed by atoms with Gasteiger partial charge in [-0.3, -0.25) is 0 Å². The second-order valence-corrected chi connectivity index (χ2v) is 10.1. The van der Waals surface area contributed by atoms with Crippen molar-refractivity contribution in [3.8, 4) is 11.5 Å². The summed E-state index contributed by atoms with van der Waals surface area (Å²) in [7, 11) is -2.08. The summed E-state index contributed by atoms with van der Waals surface area (Å²) in [6, 6.07) is 23.9. The van der Waals surface area contributed by atoms with Crippen LogP contribution in [0.4, 0.5) is 5.88 Å². The Bertz CT molecular complexity index is 1280. The summed E-state index contributed by atoms with van der Waals surface area (Å²) >= 11 is 3.41. The zero-order chi connectivity index (χ0) is 22.0. The number of halogens is 1. The standard InChI is InChI=1S/C24H21BrN2O3S/c1-17-8-14-21(15-9-17)31(28,29)23-24(27(2)16-18-6-4-3-5-7-18)30-22(26-23)19-10-12-20(25)13-11-19/h3-15H,16H2,1-2H3. The van der Waals surface area contributed by atoms with E-state index in [9.17, 15) is 8.42 Å². The van der Waals surface area contributed by atoms with Crippen LogP contribution >= 0.6 is 15.9 Å². The van der Waals surface area contributed by atoms with Crippen LogP contribution in [0.25, 0.3) is 11.5 Å². The Hall–Kier alpha value is -2.90. The zero-order valence-electron chi connectivity index (χ0n) is 17.1. The average molecular weight is 497 g/mol. The minimum Gasteiger partial charge on any atom is -0.419 e. The van der Waals surface area contributed by atoms with Crippen LogP contribution in [0, 0.1) is 6.92 Å². The van der Waals surface area contributed by atoms with Crippen molar-refractivity contribution in [3.63, 3.8) is 0 Å². The summed E-state index contributed by atoms with van der Waals surface area (Å²) in [5.74, 6) is 0.468. The van der Waals surface area contributed by atoms with Crippen LogP contribution in [0.15, 0.2) is 97.7 Å². The van der Waals surface area contributed by atoms with Crippen molar-refractivity contribution >= 4 is 31.7 Å². The lowest BCUT2D eigenvalue weighted by Crippen LogP contribution is -2.18. The summed E-state index contributed by atoms with van der Waals surface area (Å²) < 4.78 is 33.9. The topological polar surface area (TPSA) is 63.4 Å². The van der Waals surface area contributed by atoms with Crippen molar-refractivity contribution in [2.45, 2.75) is 23.4 Å². The Morgan fingerprint density at radius 3 is 2.23 bits per heavy atom. The fourth-order valence-electron chi connectivity index (χ4n) is 3.19. The van der Waals surface area contributed by atoms with Crippen molar-refractivity contribution in [1.82, 2.24) is 4.98 Å². The first-order valence-electron chi connectivity index (χ1n) is 9.68. The van der Waals surface area contributed by atoms with Gasteiger partial charge in [0.2, 0.25) is 26.6 Å². The van der Waals surface area contributed by atoms with Crippen molar-refractivity contribution < 1.29 is 12.8 Å². The SMILES string of the molecule is Cc1ccc(S(=O)(=O)c2nc(-c3ccc(Br)cc3)oc2N(C)Cc2ccccc2)cc1. The number of nitrogens with zero attached hydrogens (tertiary/aromatic N) is 2. The number of hydrogen-bond donors (Lipinski definition) is 0. The number of anilines is 1. The molecule has 0 atom stereocenters. The van der Waals surface area contributed by atoms with E-state index < -0.39 is 9.84 Å². The fraction of sp³-hybridized carbons (Fsp3) is 0.125. The molecule has 1 heterocycles. The fourth-order valence-corrected chi connectivity index (χ4v) is 4.80. The number of aromatic nitrogens is 1. The van der Waals surface area contributed by atoms with Gasteiger partial charge in [-0.15, -0.1) is 0 Å². The Morgan fingerprint density at radius 2 is 1.58 bits per heavy atom. The largest absolute Gasteiger partial charge is 0.419 e. The molecular weight excluding hydrogens is 476 g/mol. The molecule has 0 bridgehead atoms. The zero-order valence-corrected chi connectivity index (χ0v) is 19.5. The van der Waals surface area contributed by atoms with E-state index in [2.05, 4.69) is 20.9 Å². The molecule has 0 saturated carbocycles. The molecule has 0 radical (unpaired) electrons. The van der Waals surface area contributed by atoms with E-state index in [1.807, 2.05) is 61.5 Å². The van der Waals surface area contributed by atoms with Crippen LogP contribution in [0.5, 0.6) is 0 Å². The summed E-state index contributed by atoms with van der Waals surface area (Å²) in [5, 5.41) is -0.0901. The first kappa shape index (κ1) is 21.3. The Kier molecular flexibility index (Phi) is 5.98. The third-order valence-corrected chi connectivity index (χ3v) is 7.06. The van der Waals surface area contributed by atoms with Crippen LogP contribution < -0.4 is 4.90 Å². The molecule has 0 spiro atoms. The van der Waals surface area contributed by atoms with Gasteiger partial charge in [0.25, 0.3) is 0 Å². The Labute approximate surface area is 190 Å². The lowest BCUT2D eigenvalue weighted by Gasteiger charge is -2.17.